The van der Waals surface area contributed by atoms with E-state index in [2.05, 4.69) is 11.7 Å². The van der Waals surface area contributed by atoms with Gasteiger partial charge in [0.05, 0.1) is 11.2 Å². The average molecular weight is 248 g/mol. The van der Waals surface area contributed by atoms with Gasteiger partial charge in [0.25, 0.3) is 0 Å². The zero-order valence-corrected chi connectivity index (χ0v) is 11.4. The molecule has 72 valence electrons. The second-order valence-corrected chi connectivity index (χ2v) is 3.03. The summed E-state index contributed by atoms with van der Waals surface area (Å²) in [5, 5.41) is 3.91. The second kappa shape index (κ2) is 5.72. The van der Waals surface area contributed by atoms with Crippen molar-refractivity contribution < 1.29 is 64.3 Å². The van der Waals surface area contributed by atoms with E-state index in [0.29, 0.717) is 5.02 Å². The smallest absolute Gasteiger partial charge is 0.445 e. The molecule has 0 fully saturated rings. The predicted molar refractivity (Wildman–Crippen MR) is 45.5 cm³/mol. The minimum absolute atomic E-state index is 0. The number of allylic oxidation sites excluding steroid dienone is 1. The van der Waals surface area contributed by atoms with Crippen molar-refractivity contribution in [3.8, 4) is 0 Å². The van der Waals surface area contributed by atoms with E-state index in [0.717, 1.165) is 4.68 Å². The first-order valence-corrected chi connectivity index (χ1v) is 3.83. The van der Waals surface area contributed by atoms with Gasteiger partial charge in [0.1, 0.15) is 0 Å². The van der Waals surface area contributed by atoms with Crippen molar-refractivity contribution in [3.05, 3.63) is 29.5 Å². The van der Waals surface area contributed by atoms with E-state index in [1.165, 1.54) is 12.4 Å². The minimum atomic E-state index is -4.99. The third-order valence-corrected chi connectivity index (χ3v) is 1.62. The zero-order chi connectivity index (χ0) is 10.1. The molecule has 0 bridgehead atoms. The fraction of sp³-hybridized carbons (Fsp3) is 0.167. The summed E-state index contributed by atoms with van der Waals surface area (Å²) in [5.74, 6) is 0. The van der Waals surface area contributed by atoms with E-state index in [9.17, 15) is 12.9 Å². The van der Waals surface area contributed by atoms with Crippen molar-refractivity contribution in [2.24, 2.45) is 0 Å². The first-order valence-electron chi connectivity index (χ1n) is 3.45. The molecule has 0 aliphatic rings. The quantitative estimate of drug-likeness (QED) is 0.659. The van der Waals surface area contributed by atoms with Crippen LogP contribution in [0.25, 0.3) is 0 Å². The minimum Gasteiger partial charge on any atom is -0.445 e. The van der Waals surface area contributed by atoms with Gasteiger partial charge in [-0.1, -0.05) is 11.6 Å². The first kappa shape index (κ1) is 14.7. The van der Waals surface area contributed by atoms with Crippen LogP contribution in [-0.4, -0.2) is 16.8 Å². The van der Waals surface area contributed by atoms with Gasteiger partial charge in [0, 0.05) is 12.7 Å². The molecule has 1 aromatic rings. The maximum atomic E-state index is 12.0. The molecule has 0 saturated carbocycles. The van der Waals surface area contributed by atoms with E-state index in [4.69, 9.17) is 11.6 Å². The molecule has 1 heterocycles. The Morgan fingerprint density at radius 1 is 1.57 bits per heavy atom. The largest absolute Gasteiger partial charge is 1.00 e. The van der Waals surface area contributed by atoms with Crippen LogP contribution in [0.3, 0.4) is 0 Å². The van der Waals surface area contributed by atoms with Gasteiger partial charge in [-0.3, -0.25) is 4.68 Å². The molecule has 0 spiro atoms. The molecule has 8 heteroatoms. The van der Waals surface area contributed by atoms with Crippen molar-refractivity contribution >= 4 is 18.6 Å². The molecular weight excluding hydrogens is 242 g/mol. The van der Waals surface area contributed by atoms with E-state index in [1.807, 2.05) is 0 Å². The molecule has 0 aliphatic carbocycles. The Balaban J connectivity index is 0.00000169. The fourth-order valence-electron chi connectivity index (χ4n) is 0.736. The molecule has 2 nitrogen and oxygen atoms in total. The van der Waals surface area contributed by atoms with Crippen LogP contribution < -0.4 is 51.4 Å². The molecule has 0 atom stereocenters. The maximum Gasteiger partial charge on any atom is 1.00 e. The number of nitrogens with zero attached hydrogens (tertiary/aromatic N) is 2. The van der Waals surface area contributed by atoms with Crippen LogP contribution in [0.15, 0.2) is 24.4 Å². The van der Waals surface area contributed by atoms with E-state index >= 15 is 0 Å². The summed E-state index contributed by atoms with van der Waals surface area (Å²) in [6.07, 6.45) is 2.59. The van der Waals surface area contributed by atoms with Gasteiger partial charge < -0.3 is 12.9 Å². The summed E-state index contributed by atoms with van der Waals surface area (Å²) < 4.78 is 37.2. The van der Waals surface area contributed by atoms with Gasteiger partial charge >= 0.3 is 58.4 Å². The molecule has 0 amide bonds. The number of aromatic nitrogens is 2. The molecule has 0 radical (unpaired) electrons. The first-order chi connectivity index (χ1) is 5.89. The Hall–Kier alpha value is 0.731. The molecule has 0 N–H and O–H groups in total. The van der Waals surface area contributed by atoms with Crippen molar-refractivity contribution in [3.63, 3.8) is 0 Å². The number of hydrogen-bond donors (Lipinski definition) is 0. The molecule has 1 rings (SSSR count). The fourth-order valence-corrected chi connectivity index (χ4v) is 0.893. The van der Waals surface area contributed by atoms with Crippen LogP contribution in [0, 0.1) is 0 Å². The van der Waals surface area contributed by atoms with Gasteiger partial charge in [0.15, 0.2) is 0 Å². The Labute approximate surface area is 127 Å². The molecule has 0 saturated heterocycles. The SMILES string of the molecule is C=C(Cn1cc(Cl)cn1)[B-](F)(F)F.[K+]. The van der Waals surface area contributed by atoms with Crippen molar-refractivity contribution in [1.82, 2.24) is 9.78 Å². The van der Waals surface area contributed by atoms with Crippen LogP contribution in [-0.2, 0) is 6.54 Å². The van der Waals surface area contributed by atoms with Crippen molar-refractivity contribution in [2.75, 3.05) is 0 Å². The molecule has 0 aromatic carbocycles. The number of halogens is 4. The summed E-state index contributed by atoms with van der Waals surface area (Å²) in [7, 11) is 0. The van der Waals surface area contributed by atoms with Gasteiger partial charge in [-0.05, 0) is 0 Å². The molecule has 0 unspecified atom stereocenters. The molecule has 14 heavy (non-hydrogen) atoms. The van der Waals surface area contributed by atoms with Gasteiger partial charge in [-0.25, -0.2) is 0 Å². The van der Waals surface area contributed by atoms with E-state index in [-0.39, 0.29) is 57.9 Å². The number of rotatable bonds is 3. The summed E-state index contributed by atoms with van der Waals surface area (Å²) in [5.41, 5.74) is -0.792. The van der Waals surface area contributed by atoms with E-state index < -0.39 is 12.4 Å². The monoisotopic (exact) mass is 248 g/mol. The second-order valence-electron chi connectivity index (χ2n) is 2.59. The van der Waals surface area contributed by atoms with Crippen molar-refractivity contribution in [2.45, 2.75) is 6.54 Å². The average Bonchev–Trinajstić information content (AvgIpc) is 2.33. The Morgan fingerprint density at radius 3 is 2.50 bits per heavy atom. The normalized spacial score (nSPS) is 10.9. The zero-order valence-electron chi connectivity index (χ0n) is 7.55. The van der Waals surface area contributed by atoms with Crippen LogP contribution in [0.4, 0.5) is 12.9 Å². The summed E-state index contributed by atoms with van der Waals surface area (Å²) in [4.78, 5) is 0. The molecular formula is C6H6BClF3KN2. The summed E-state index contributed by atoms with van der Waals surface area (Å²) in [6, 6.07) is 0. The maximum absolute atomic E-state index is 12.0. The van der Waals surface area contributed by atoms with Crippen LogP contribution >= 0.6 is 11.6 Å². The van der Waals surface area contributed by atoms with Gasteiger partial charge in [-0.2, -0.15) is 5.10 Å². The topological polar surface area (TPSA) is 17.8 Å². The van der Waals surface area contributed by atoms with Crippen LogP contribution in [0.2, 0.25) is 5.02 Å². The van der Waals surface area contributed by atoms with Gasteiger partial charge in [0.2, 0.25) is 0 Å². The molecule has 1 aromatic heterocycles. The third kappa shape index (κ3) is 4.50. The van der Waals surface area contributed by atoms with Gasteiger partial charge in [-0.15, -0.1) is 12.1 Å². The third-order valence-electron chi connectivity index (χ3n) is 1.43. The summed E-state index contributed by atoms with van der Waals surface area (Å²) in [6.45, 7) is -2.42. The standard InChI is InChI=1S/C6H6BClF3N2.K/c1-5(7(9,10)11)3-13-4-6(8)2-12-13;/h2,4H,1,3H2;/q-1;+1. The summed E-state index contributed by atoms with van der Waals surface area (Å²) >= 11 is 5.47. The molecule has 0 aliphatic heterocycles. The van der Waals surface area contributed by atoms with Crippen LogP contribution in [0.1, 0.15) is 0 Å². The Bertz CT molecular complexity index is 325. The predicted octanol–water partition coefficient (Wildman–Crippen LogP) is -0.517. The van der Waals surface area contributed by atoms with Crippen molar-refractivity contribution in [1.29, 1.82) is 0 Å². The number of hydrogen-bond acceptors (Lipinski definition) is 1. The Kier molecular flexibility index (Phi) is 6.02. The van der Waals surface area contributed by atoms with Crippen LogP contribution in [0.5, 0.6) is 0 Å². The van der Waals surface area contributed by atoms with E-state index in [1.54, 1.807) is 0 Å². The Morgan fingerprint density at radius 2 is 2.14 bits per heavy atom.